The molecule has 1 aromatic rings. The van der Waals surface area contributed by atoms with Gasteiger partial charge in [0.25, 0.3) is 0 Å². The van der Waals surface area contributed by atoms with E-state index >= 15 is 0 Å². The number of carbonyl (C=O) groups excluding carboxylic acids is 1. The van der Waals surface area contributed by atoms with Crippen LogP contribution in [0.2, 0.25) is 0 Å². The monoisotopic (exact) mass is 272 g/mol. The summed E-state index contributed by atoms with van der Waals surface area (Å²) in [6.45, 7) is 1.34. The molecular formula is C10H10BrFN2O. The molecule has 2 N–H and O–H groups in total. The highest BCUT2D eigenvalue weighted by Gasteiger charge is 2.25. The summed E-state index contributed by atoms with van der Waals surface area (Å²) in [5, 5.41) is 5.55. The van der Waals surface area contributed by atoms with Crippen LogP contribution in [0.5, 0.6) is 0 Å². The predicted molar refractivity (Wildman–Crippen MR) is 59.1 cm³/mol. The molecule has 1 aromatic carbocycles. The van der Waals surface area contributed by atoms with E-state index in [-0.39, 0.29) is 17.5 Å². The molecule has 0 bridgehead atoms. The summed E-state index contributed by atoms with van der Waals surface area (Å²) >= 11 is 3.15. The fourth-order valence-electron chi connectivity index (χ4n) is 1.30. The van der Waals surface area contributed by atoms with E-state index in [1.54, 1.807) is 12.1 Å². The number of benzene rings is 1. The van der Waals surface area contributed by atoms with Crippen molar-refractivity contribution in [2.24, 2.45) is 5.92 Å². The maximum Gasteiger partial charge on any atom is 0.230 e. The Morgan fingerprint density at radius 1 is 1.53 bits per heavy atom. The predicted octanol–water partition coefficient (Wildman–Crippen LogP) is 1.75. The average molecular weight is 273 g/mol. The SMILES string of the molecule is O=C(Nc1ccc(Br)cc1F)C1CNC1. The summed E-state index contributed by atoms with van der Waals surface area (Å²) in [5.41, 5.74) is 0.232. The average Bonchev–Trinajstić information content (AvgIpc) is 2.07. The molecular weight excluding hydrogens is 263 g/mol. The Morgan fingerprint density at radius 2 is 2.27 bits per heavy atom. The van der Waals surface area contributed by atoms with Crippen molar-refractivity contribution in [3.63, 3.8) is 0 Å². The molecule has 0 atom stereocenters. The Bertz CT molecular complexity index is 393. The first-order chi connectivity index (χ1) is 7.16. The zero-order valence-electron chi connectivity index (χ0n) is 7.89. The minimum absolute atomic E-state index is 0.0342. The van der Waals surface area contributed by atoms with E-state index in [4.69, 9.17) is 0 Å². The number of carbonyl (C=O) groups is 1. The van der Waals surface area contributed by atoms with Crippen LogP contribution in [0, 0.1) is 11.7 Å². The van der Waals surface area contributed by atoms with Gasteiger partial charge in [-0.2, -0.15) is 0 Å². The van der Waals surface area contributed by atoms with Gasteiger partial charge < -0.3 is 10.6 Å². The van der Waals surface area contributed by atoms with Gasteiger partial charge in [-0.1, -0.05) is 15.9 Å². The molecule has 80 valence electrons. The zero-order chi connectivity index (χ0) is 10.8. The van der Waals surface area contributed by atoms with Crippen LogP contribution in [0.1, 0.15) is 0 Å². The van der Waals surface area contributed by atoms with Gasteiger partial charge in [-0.25, -0.2) is 4.39 Å². The number of anilines is 1. The van der Waals surface area contributed by atoms with Crippen LogP contribution < -0.4 is 10.6 Å². The Morgan fingerprint density at radius 3 is 2.80 bits per heavy atom. The molecule has 1 amide bonds. The Labute approximate surface area is 95.2 Å². The standard InChI is InChI=1S/C10H10BrFN2O/c11-7-1-2-9(8(12)3-7)14-10(15)6-4-13-5-6/h1-3,6,13H,4-5H2,(H,14,15). The lowest BCUT2D eigenvalue weighted by atomic mass is 10.0. The summed E-state index contributed by atoms with van der Waals surface area (Å²) in [6, 6.07) is 4.57. The topological polar surface area (TPSA) is 41.1 Å². The van der Waals surface area contributed by atoms with Crippen LogP contribution in [-0.2, 0) is 4.79 Å². The summed E-state index contributed by atoms with van der Waals surface area (Å²) in [7, 11) is 0. The molecule has 5 heteroatoms. The van der Waals surface area contributed by atoms with E-state index < -0.39 is 5.82 Å². The van der Waals surface area contributed by atoms with E-state index in [1.165, 1.54) is 6.07 Å². The first-order valence-electron chi connectivity index (χ1n) is 4.63. The first kappa shape index (κ1) is 10.6. The van der Waals surface area contributed by atoms with Crippen molar-refractivity contribution in [3.8, 4) is 0 Å². The quantitative estimate of drug-likeness (QED) is 0.861. The van der Waals surface area contributed by atoms with Gasteiger partial charge in [0.1, 0.15) is 5.82 Å². The molecule has 2 rings (SSSR count). The summed E-state index contributed by atoms with van der Waals surface area (Å²) in [4.78, 5) is 11.5. The zero-order valence-corrected chi connectivity index (χ0v) is 9.47. The third-order valence-corrected chi connectivity index (χ3v) is 2.83. The van der Waals surface area contributed by atoms with Crippen molar-refractivity contribution in [3.05, 3.63) is 28.5 Å². The van der Waals surface area contributed by atoms with Gasteiger partial charge in [-0.15, -0.1) is 0 Å². The normalized spacial score (nSPS) is 15.9. The van der Waals surface area contributed by atoms with Crippen LogP contribution >= 0.6 is 15.9 Å². The van der Waals surface area contributed by atoms with Crippen LogP contribution in [0.4, 0.5) is 10.1 Å². The number of hydrogen-bond donors (Lipinski definition) is 2. The smallest absolute Gasteiger partial charge is 0.230 e. The second-order valence-electron chi connectivity index (χ2n) is 3.47. The molecule has 1 heterocycles. The molecule has 0 aliphatic carbocycles. The molecule has 1 aliphatic rings. The first-order valence-corrected chi connectivity index (χ1v) is 5.43. The molecule has 0 aromatic heterocycles. The lowest BCUT2D eigenvalue weighted by Crippen LogP contribution is -2.48. The fourth-order valence-corrected chi connectivity index (χ4v) is 1.63. The van der Waals surface area contributed by atoms with Gasteiger partial charge in [-0.05, 0) is 18.2 Å². The van der Waals surface area contributed by atoms with Crippen molar-refractivity contribution < 1.29 is 9.18 Å². The highest BCUT2D eigenvalue weighted by atomic mass is 79.9. The van der Waals surface area contributed by atoms with Crippen LogP contribution in [0.3, 0.4) is 0 Å². The molecule has 0 unspecified atom stereocenters. The van der Waals surface area contributed by atoms with Crippen molar-refractivity contribution in [2.45, 2.75) is 0 Å². The van der Waals surface area contributed by atoms with E-state index in [0.29, 0.717) is 17.6 Å². The summed E-state index contributed by atoms with van der Waals surface area (Å²) < 4.78 is 14.0. The van der Waals surface area contributed by atoms with E-state index in [1.807, 2.05) is 0 Å². The van der Waals surface area contributed by atoms with Crippen LogP contribution in [-0.4, -0.2) is 19.0 Å². The third-order valence-electron chi connectivity index (χ3n) is 2.34. The molecule has 0 radical (unpaired) electrons. The second kappa shape index (κ2) is 4.28. The minimum atomic E-state index is -0.426. The molecule has 1 aliphatic heterocycles. The molecule has 3 nitrogen and oxygen atoms in total. The summed E-state index contributed by atoms with van der Waals surface area (Å²) in [5.74, 6) is -0.590. The van der Waals surface area contributed by atoms with Gasteiger partial charge in [0.2, 0.25) is 5.91 Å². The number of rotatable bonds is 2. The summed E-state index contributed by atoms with van der Waals surface area (Å²) in [6.07, 6.45) is 0. The van der Waals surface area contributed by atoms with Crippen molar-refractivity contribution in [2.75, 3.05) is 18.4 Å². The highest BCUT2D eigenvalue weighted by molar-refractivity contribution is 9.10. The molecule has 0 spiro atoms. The van der Waals surface area contributed by atoms with Crippen molar-refractivity contribution in [1.29, 1.82) is 0 Å². The molecule has 1 fully saturated rings. The fraction of sp³-hybridized carbons (Fsp3) is 0.300. The van der Waals surface area contributed by atoms with E-state index in [9.17, 15) is 9.18 Å². The minimum Gasteiger partial charge on any atom is -0.323 e. The van der Waals surface area contributed by atoms with Gasteiger partial charge >= 0.3 is 0 Å². The van der Waals surface area contributed by atoms with E-state index in [0.717, 1.165) is 0 Å². The Balaban J connectivity index is 2.06. The maximum absolute atomic E-state index is 13.3. The Kier molecular flexibility index (Phi) is 3.02. The van der Waals surface area contributed by atoms with E-state index in [2.05, 4.69) is 26.6 Å². The lowest BCUT2D eigenvalue weighted by Gasteiger charge is -2.25. The van der Waals surface area contributed by atoms with Gasteiger partial charge in [0.15, 0.2) is 0 Å². The number of nitrogens with one attached hydrogen (secondary N) is 2. The lowest BCUT2D eigenvalue weighted by molar-refractivity contribution is -0.121. The number of halogens is 2. The number of amides is 1. The van der Waals surface area contributed by atoms with Gasteiger partial charge in [0, 0.05) is 17.6 Å². The number of hydrogen-bond acceptors (Lipinski definition) is 2. The molecule has 1 saturated heterocycles. The Hall–Kier alpha value is -0.940. The van der Waals surface area contributed by atoms with Gasteiger partial charge in [0.05, 0.1) is 11.6 Å². The molecule has 0 saturated carbocycles. The third kappa shape index (κ3) is 2.35. The van der Waals surface area contributed by atoms with Gasteiger partial charge in [-0.3, -0.25) is 4.79 Å². The van der Waals surface area contributed by atoms with Crippen molar-refractivity contribution >= 4 is 27.5 Å². The molecule has 15 heavy (non-hydrogen) atoms. The largest absolute Gasteiger partial charge is 0.323 e. The second-order valence-corrected chi connectivity index (χ2v) is 4.38. The maximum atomic E-state index is 13.3. The van der Waals surface area contributed by atoms with Crippen LogP contribution in [0.25, 0.3) is 0 Å². The van der Waals surface area contributed by atoms with Crippen LogP contribution in [0.15, 0.2) is 22.7 Å². The van der Waals surface area contributed by atoms with Crippen molar-refractivity contribution in [1.82, 2.24) is 5.32 Å². The highest BCUT2D eigenvalue weighted by Crippen LogP contribution is 2.20.